The van der Waals surface area contributed by atoms with Gasteiger partial charge >= 0.3 is 0 Å². The van der Waals surface area contributed by atoms with E-state index in [0.717, 1.165) is 18.5 Å². The third kappa shape index (κ3) is 2.79. The first-order valence-corrected chi connectivity index (χ1v) is 7.28. The van der Waals surface area contributed by atoms with Gasteiger partial charge in [-0.25, -0.2) is 0 Å². The molecule has 104 valence electrons. The van der Waals surface area contributed by atoms with Crippen LogP contribution >= 0.6 is 11.6 Å². The fourth-order valence-electron chi connectivity index (χ4n) is 2.81. The number of nitrogens with two attached hydrogens (primary N) is 1. The second-order valence-corrected chi connectivity index (χ2v) is 5.65. The molecule has 3 N–H and O–H groups in total. The number of nitrogens with one attached hydrogen (secondary N) is 1. The van der Waals surface area contributed by atoms with Crippen LogP contribution in [0.5, 0.6) is 0 Å². The van der Waals surface area contributed by atoms with Gasteiger partial charge in [-0.2, -0.15) is 0 Å². The van der Waals surface area contributed by atoms with Crippen LogP contribution < -0.4 is 11.1 Å². The highest BCUT2D eigenvalue weighted by Crippen LogP contribution is 2.34. The Morgan fingerprint density at radius 2 is 2.05 bits per heavy atom. The normalized spacial score (nSPS) is 32.3. The number of aliphatic imine (C=N–C) groups is 1. The van der Waals surface area contributed by atoms with Crippen LogP contribution in [0.15, 0.2) is 63.8 Å². The molecular weight excluding hydrogens is 270 g/mol. The predicted octanol–water partition coefficient (Wildman–Crippen LogP) is 2.99. The molecule has 0 saturated carbocycles. The molecule has 0 bridgehead atoms. The fourth-order valence-corrected chi connectivity index (χ4v) is 3.04. The Morgan fingerprint density at radius 1 is 1.20 bits per heavy atom. The van der Waals surface area contributed by atoms with E-state index in [1.54, 1.807) is 6.21 Å². The zero-order chi connectivity index (χ0) is 13.9. The van der Waals surface area contributed by atoms with Gasteiger partial charge in [-0.05, 0) is 30.3 Å². The van der Waals surface area contributed by atoms with Crippen molar-refractivity contribution in [3.05, 3.63) is 58.8 Å². The van der Waals surface area contributed by atoms with Crippen LogP contribution in [0.25, 0.3) is 0 Å². The maximum absolute atomic E-state index is 6.24. The Labute approximate surface area is 124 Å². The number of halogens is 1. The minimum absolute atomic E-state index is 0.407. The van der Waals surface area contributed by atoms with Crippen molar-refractivity contribution in [3.63, 3.8) is 0 Å². The maximum atomic E-state index is 6.24. The minimum atomic E-state index is -0.407. The molecule has 0 amide bonds. The van der Waals surface area contributed by atoms with Crippen molar-refractivity contribution in [2.24, 2.45) is 22.6 Å². The Bertz CT molecular complexity index is 566. The molecule has 4 heteroatoms. The molecule has 0 aromatic carbocycles. The maximum Gasteiger partial charge on any atom is 0.171 e. The van der Waals surface area contributed by atoms with Crippen LogP contribution in [0.1, 0.15) is 12.8 Å². The molecule has 3 atom stereocenters. The minimum Gasteiger partial charge on any atom is -0.350 e. The summed E-state index contributed by atoms with van der Waals surface area (Å²) in [6, 6.07) is 0. The summed E-state index contributed by atoms with van der Waals surface area (Å²) in [6.45, 7) is 0. The first kappa shape index (κ1) is 13.4. The van der Waals surface area contributed by atoms with Crippen LogP contribution in [0.2, 0.25) is 0 Å². The summed E-state index contributed by atoms with van der Waals surface area (Å²) in [6.07, 6.45) is 18.6. The van der Waals surface area contributed by atoms with E-state index < -0.39 is 6.29 Å². The smallest absolute Gasteiger partial charge is 0.171 e. The number of hydrogen-bond acceptors (Lipinski definition) is 3. The summed E-state index contributed by atoms with van der Waals surface area (Å²) in [4.78, 5) is 4.05. The van der Waals surface area contributed by atoms with Gasteiger partial charge in [0.25, 0.3) is 0 Å². The van der Waals surface area contributed by atoms with E-state index >= 15 is 0 Å². The van der Waals surface area contributed by atoms with Crippen LogP contribution in [-0.4, -0.2) is 12.5 Å². The quantitative estimate of drug-likeness (QED) is 0.820. The zero-order valence-corrected chi connectivity index (χ0v) is 11.9. The van der Waals surface area contributed by atoms with Gasteiger partial charge in [0.15, 0.2) is 6.29 Å². The van der Waals surface area contributed by atoms with Crippen molar-refractivity contribution < 1.29 is 0 Å². The molecule has 2 aliphatic carbocycles. The molecule has 0 fully saturated rings. The fraction of sp³-hybridized carbons (Fsp3) is 0.312. The summed E-state index contributed by atoms with van der Waals surface area (Å²) in [5.74, 6) is 1.07. The van der Waals surface area contributed by atoms with Crippen molar-refractivity contribution in [1.82, 2.24) is 5.32 Å². The largest absolute Gasteiger partial charge is 0.350 e. The van der Waals surface area contributed by atoms with E-state index in [-0.39, 0.29) is 0 Å². The second kappa shape index (κ2) is 5.81. The molecule has 1 aliphatic heterocycles. The molecule has 0 radical (unpaired) electrons. The lowest BCUT2D eigenvalue weighted by atomic mass is 9.80. The molecule has 3 rings (SSSR count). The number of rotatable bonds is 2. The van der Waals surface area contributed by atoms with Crippen LogP contribution in [0.3, 0.4) is 0 Å². The Balaban J connectivity index is 1.77. The number of allylic oxidation sites excluding steroid dienone is 9. The number of nitrogens with zero attached hydrogens (tertiary/aromatic N) is 1. The van der Waals surface area contributed by atoms with Gasteiger partial charge in [-0.15, -0.1) is 0 Å². The third-order valence-corrected chi connectivity index (χ3v) is 4.16. The van der Waals surface area contributed by atoms with E-state index in [1.807, 2.05) is 0 Å². The summed E-state index contributed by atoms with van der Waals surface area (Å²) in [7, 11) is 0. The highest BCUT2D eigenvalue weighted by molar-refractivity contribution is 6.40. The molecule has 20 heavy (non-hydrogen) atoms. The standard InChI is InChI=1S/C16H18ClN3/c17-14-10-19-16(18)20-15(14)13-8-4-7-12(9-13)11-5-2-1-3-6-11/h1-5,7-8,10-12,16,20H,6,9,18H2. The van der Waals surface area contributed by atoms with E-state index in [0.29, 0.717) is 16.9 Å². The Kier molecular flexibility index (Phi) is 3.90. The van der Waals surface area contributed by atoms with Crippen LogP contribution in [0, 0.1) is 11.8 Å². The second-order valence-electron chi connectivity index (χ2n) is 5.25. The molecule has 0 spiro atoms. The van der Waals surface area contributed by atoms with Crippen molar-refractivity contribution in [2.45, 2.75) is 19.1 Å². The van der Waals surface area contributed by atoms with E-state index in [4.69, 9.17) is 17.3 Å². The monoisotopic (exact) mass is 287 g/mol. The van der Waals surface area contributed by atoms with Gasteiger partial charge in [0, 0.05) is 6.21 Å². The predicted molar refractivity (Wildman–Crippen MR) is 84.2 cm³/mol. The Hall–Kier alpha value is -1.58. The topological polar surface area (TPSA) is 50.4 Å². The van der Waals surface area contributed by atoms with E-state index in [9.17, 15) is 0 Å². The SMILES string of the molecule is NC1N=CC(Cl)=C(C2=CC=CC(C3C=CC=CC3)C2)N1. The molecule has 3 nitrogen and oxygen atoms in total. The summed E-state index contributed by atoms with van der Waals surface area (Å²) in [5.41, 5.74) is 7.92. The highest BCUT2D eigenvalue weighted by Gasteiger charge is 2.24. The molecule has 3 unspecified atom stereocenters. The van der Waals surface area contributed by atoms with Crippen molar-refractivity contribution >= 4 is 17.8 Å². The van der Waals surface area contributed by atoms with Gasteiger partial charge in [0.05, 0.1) is 10.7 Å². The van der Waals surface area contributed by atoms with Gasteiger partial charge in [0.2, 0.25) is 0 Å². The summed E-state index contributed by atoms with van der Waals surface area (Å²) in [5, 5.41) is 3.78. The molecular formula is C16H18ClN3. The van der Waals surface area contributed by atoms with Crippen molar-refractivity contribution in [2.75, 3.05) is 0 Å². The highest BCUT2D eigenvalue weighted by atomic mass is 35.5. The van der Waals surface area contributed by atoms with Crippen LogP contribution in [-0.2, 0) is 0 Å². The summed E-state index contributed by atoms with van der Waals surface area (Å²) >= 11 is 6.24. The van der Waals surface area contributed by atoms with Crippen LogP contribution in [0.4, 0.5) is 0 Å². The van der Waals surface area contributed by atoms with Gasteiger partial charge in [-0.3, -0.25) is 10.7 Å². The average molecular weight is 288 g/mol. The molecule has 0 aromatic heterocycles. The number of hydrogen-bond donors (Lipinski definition) is 2. The van der Waals surface area contributed by atoms with Gasteiger partial charge in [-0.1, -0.05) is 54.1 Å². The lowest BCUT2D eigenvalue weighted by Gasteiger charge is -2.28. The average Bonchev–Trinajstić information content (AvgIpc) is 2.51. The third-order valence-electron chi connectivity index (χ3n) is 3.88. The Morgan fingerprint density at radius 3 is 2.85 bits per heavy atom. The zero-order valence-electron chi connectivity index (χ0n) is 11.2. The van der Waals surface area contributed by atoms with Crippen molar-refractivity contribution in [1.29, 1.82) is 0 Å². The van der Waals surface area contributed by atoms with E-state index in [2.05, 4.69) is 52.8 Å². The molecule has 0 saturated heterocycles. The van der Waals surface area contributed by atoms with E-state index in [1.165, 1.54) is 5.57 Å². The lowest BCUT2D eigenvalue weighted by molar-refractivity contribution is 0.465. The first-order valence-electron chi connectivity index (χ1n) is 6.90. The molecule has 0 aromatic rings. The lowest BCUT2D eigenvalue weighted by Crippen LogP contribution is -2.38. The molecule has 1 heterocycles. The first-order chi connectivity index (χ1) is 9.74. The van der Waals surface area contributed by atoms with Gasteiger partial charge < -0.3 is 5.32 Å². The summed E-state index contributed by atoms with van der Waals surface area (Å²) < 4.78 is 0. The van der Waals surface area contributed by atoms with Gasteiger partial charge in [0.1, 0.15) is 0 Å². The molecule has 3 aliphatic rings. The van der Waals surface area contributed by atoms with Crippen molar-refractivity contribution in [3.8, 4) is 0 Å².